The van der Waals surface area contributed by atoms with Gasteiger partial charge < -0.3 is 4.90 Å². The van der Waals surface area contributed by atoms with E-state index >= 15 is 0 Å². The molecule has 0 atom stereocenters. The first-order valence-corrected chi connectivity index (χ1v) is 13.7. The molecule has 0 amide bonds. The minimum Gasteiger partial charge on any atom is -0.383 e. The highest BCUT2D eigenvalue weighted by Crippen LogP contribution is 2.14. The molecule has 1 heteroatoms. The van der Waals surface area contributed by atoms with Gasteiger partial charge in [0.05, 0.1) is 0 Å². The fraction of sp³-hybridized carbons (Fsp3) is 0.515. The predicted molar refractivity (Wildman–Crippen MR) is 157 cm³/mol. The van der Waals surface area contributed by atoms with Crippen LogP contribution in [0.25, 0.3) is 0 Å². The molecule has 0 rings (SSSR count). The quantitative estimate of drug-likeness (QED) is 0.0929. The maximum atomic E-state index is 2.30. The van der Waals surface area contributed by atoms with E-state index in [-0.39, 0.29) is 0 Å². The van der Waals surface area contributed by atoms with Crippen LogP contribution in [-0.2, 0) is 0 Å². The molecule has 0 unspecified atom stereocenters. The Kier molecular flexibility index (Phi) is 25.2. The Morgan fingerprint density at radius 1 is 0.559 bits per heavy atom. The lowest BCUT2D eigenvalue weighted by molar-refractivity contribution is 0.562. The number of rotatable bonds is 21. The highest BCUT2D eigenvalue weighted by Gasteiger charge is 1.95. The van der Waals surface area contributed by atoms with Crippen molar-refractivity contribution in [1.29, 1.82) is 0 Å². The zero-order valence-corrected chi connectivity index (χ0v) is 22.8. The van der Waals surface area contributed by atoms with Crippen molar-refractivity contribution in [2.45, 2.75) is 97.3 Å². The Morgan fingerprint density at radius 2 is 1.12 bits per heavy atom. The van der Waals surface area contributed by atoms with Crippen LogP contribution in [0, 0.1) is 0 Å². The Morgan fingerprint density at radius 3 is 1.76 bits per heavy atom. The largest absolute Gasteiger partial charge is 0.383 e. The van der Waals surface area contributed by atoms with E-state index in [4.69, 9.17) is 0 Å². The zero-order valence-electron chi connectivity index (χ0n) is 22.8. The summed E-state index contributed by atoms with van der Waals surface area (Å²) in [6, 6.07) is 0. The summed E-state index contributed by atoms with van der Waals surface area (Å²) in [6.45, 7) is 4.52. The van der Waals surface area contributed by atoms with Gasteiger partial charge in [-0.15, -0.1) is 0 Å². The fourth-order valence-corrected chi connectivity index (χ4v) is 3.34. The van der Waals surface area contributed by atoms with Crippen LogP contribution in [0.4, 0.5) is 0 Å². The van der Waals surface area contributed by atoms with Crippen molar-refractivity contribution in [3.05, 3.63) is 96.8 Å². The molecule has 0 saturated carbocycles. The molecule has 0 aliphatic heterocycles. The monoisotopic (exact) mass is 463 g/mol. The van der Waals surface area contributed by atoms with Crippen molar-refractivity contribution >= 4 is 0 Å². The van der Waals surface area contributed by atoms with E-state index < -0.39 is 0 Å². The lowest BCUT2D eigenvalue weighted by Gasteiger charge is -2.06. The van der Waals surface area contributed by atoms with Crippen LogP contribution in [-0.4, -0.2) is 19.0 Å². The van der Waals surface area contributed by atoms with E-state index in [0.717, 1.165) is 12.8 Å². The maximum Gasteiger partial charge on any atom is 0.00556 e. The summed E-state index contributed by atoms with van der Waals surface area (Å²) in [5, 5.41) is 0. The van der Waals surface area contributed by atoms with E-state index in [1.165, 1.54) is 76.2 Å². The van der Waals surface area contributed by atoms with Gasteiger partial charge in [-0.2, -0.15) is 0 Å². The van der Waals surface area contributed by atoms with Crippen molar-refractivity contribution in [3.8, 4) is 0 Å². The van der Waals surface area contributed by atoms with Gasteiger partial charge in [-0.1, -0.05) is 144 Å². The lowest BCUT2D eigenvalue weighted by atomic mass is 10.0. The molecule has 0 aliphatic carbocycles. The van der Waals surface area contributed by atoms with Gasteiger partial charge >= 0.3 is 0 Å². The van der Waals surface area contributed by atoms with Crippen LogP contribution in [0.2, 0.25) is 0 Å². The summed E-state index contributed by atoms with van der Waals surface area (Å²) in [5.74, 6) is 0. The van der Waals surface area contributed by atoms with E-state index in [2.05, 4.69) is 124 Å². The normalized spacial score (nSPS) is 13.6. The third kappa shape index (κ3) is 26.0. The lowest BCUT2D eigenvalue weighted by Crippen LogP contribution is -2.00. The third-order valence-corrected chi connectivity index (χ3v) is 5.40. The summed E-state index contributed by atoms with van der Waals surface area (Å²) >= 11 is 0. The summed E-state index contributed by atoms with van der Waals surface area (Å²) in [7, 11) is 4.15. The molecular formula is C33H53N. The molecule has 0 aromatic rings. The van der Waals surface area contributed by atoms with Gasteiger partial charge in [-0.25, -0.2) is 0 Å². The van der Waals surface area contributed by atoms with Gasteiger partial charge in [0.1, 0.15) is 0 Å². The molecule has 1 nitrogen and oxygen atoms in total. The average Bonchev–Trinajstić information content (AvgIpc) is 2.83. The van der Waals surface area contributed by atoms with Crippen molar-refractivity contribution in [2.24, 2.45) is 0 Å². The summed E-state index contributed by atoms with van der Waals surface area (Å²) in [6.07, 6.45) is 49.0. The van der Waals surface area contributed by atoms with E-state index in [1.807, 2.05) is 0 Å². The zero-order chi connectivity index (χ0) is 25.0. The second-order valence-corrected chi connectivity index (χ2v) is 9.06. The van der Waals surface area contributed by atoms with Crippen molar-refractivity contribution in [2.75, 3.05) is 14.1 Å². The summed E-state index contributed by atoms with van der Waals surface area (Å²) in [5.41, 5.74) is 1.40. The molecule has 0 spiro atoms. The number of hydrogen-bond donors (Lipinski definition) is 0. The van der Waals surface area contributed by atoms with Crippen molar-refractivity contribution in [1.82, 2.24) is 4.90 Å². The summed E-state index contributed by atoms with van der Waals surface area (Å²) < 4.78 is 0. The van der Waals surface area contributed by atoms with Gasteiger partial charge in [-0.05, 0) is 50.0 Å². The molecule has 0 N–H and O–H groups in total. The maximum absolute atomic E-state index is 2.30. The number of unbranched alkanes of at least 4 members (excludes halogenated alkanes) is 9. The number of hydrogen-bond acceptors (Lipinski definition) is 1. The smallest absolute Gasteiger partial charge is 0.00556 e. The first kappa shape index (κ1) is 31.7. The Bertz CT molecular complexity index is 665. The molecule has 0 saturated heterocycles. The predicted octanol–water partition coefficient (Wildman–Crippen LogP) is 10.4. The topological polar surface area (TPSA) is 3.24 Å². The first-order valence-electron chi connectivity index (χ1n) is 13.7. The third-order valence-electron chi connectivity index (χ3n) is 5.40. The number of nitrogens with zero attached hydrogens (tertiary/aromatic N) is 1. The van der Waals surface area contributed by atoms with E-state index in [0.29, 0.717) is 0 Å². The van der Waals surface area contributed by atoms with Crippen LogP contribution in [0.5, 0.6) is 0 Å². The van der Waals surface area contributed by atoms with Gasteiger partial charge in [0.2, 0.25) is 0 Å². The SMILES string of the molecule is CCCCC/C=C\C/C=C\C=C\C=CC=CC=CC=C(C=CN(C)C)CCCCCCCCC. The summed E-state index contributed by atoms with van der Waals surface area (Å²) in [4.78, 5) is 2.10. The standard InChI is InChI=1S/C33H53N/c1-5-7-9-11-13-14-15-16-17-18-19-20-21-22-24-26-28-30-33(31-32-34(3)4)29-27-25-23-12-10-8-6-2/h13-14,16-22,24,26,28,30-32H,5-12,15,23,25,27,29H2,1-4H3/b14-13-,17-16-,19-18+,21-20?,24-22?,28-26?,32-31?,33-30?. The van der Waals surface area contributed by atoms with Gasteiger partial charge in [0.15, 0.2) is 0 Å². The van der Waals surface area contributed by atoms with Crippen molar-refractivity contribution in [3.63, 3.8) is 0 Å². The van der Waals surface area contributed by atoms with Crippen LogP contribution in [0.15, 0.2) is 96.8 Å². The minimum atomic E-state index is 1.02. The van der Waals surface area contributed by atoms with Crippen molar-refractivity contribution < 1.29 is 0 Å². The molecule has 0 fully saturated rings. The molecule has 0 heterocycles. The second-order valence-electron chi connectivity index (χ2n) is 9.06. The molecule has 0 aliphatic rings. The molecular weight excluding hydrogens is 410 g/mol. The molecule has 0 aromatic carbocycles. The first-order chi connectivity index (χ1) is 16.7. The highest BCUT2D eigenvalue weighted by molar-refractivity contribution is 5.26. The Balaban J connectivity index is 4.24. The highest BCUT2D eigenvalue weighted by atomic mass is 15.0. The molecule has 0 radical (unpaired) electrons. The minimum absolute atomic E-state index is 1.02. The molecule has 0 bridgehead atoms. The molecule has 190 valence electrons. The Hall–Kier alpha value is -2.28. The second kappa shape index (κ2) is 27.0. The van der Waals surface area contributed by atoms with Crippen LogP contribution in [0.3, 0.4) is 0 Å². The Labute approximate surface area is 213 Å². The van der Waals surface area contributed by atoms with Gasteiger partial charge in [-0.3, -0.25) is 0 Å². The van der Waals surface area contributed by atoms with Crippen LogP contribution in [0.1, 0.15) is 97.3 Å². The molecule has 0 aromatic heterocycles. The van der Waals surface area contributed by atoms with Crippen LogP contribution >= 0.6 is 0 Å². The fourth-order valence-electron chi connectivity index (χ4n) is 3.34. The average molecular weight is 464 g/mol. The van der Waals surface area contributed by atoms with E-state index in [9.17, 15) is 0 Å². The van der Waals surface area contributed by atoms with Gasteiger partial charge in [0.25, 0.3) is 0 Å². The van der Waals surface area contributed by atoms with Crippen LogP contribution < -0.4 is 0 Å². The molecule has 34 heavy (non-hydrogen) atoms. The van der Waals surface area contributed by atoms with Gasteiger partial charge in [0, 0.05) is 14.1 Å². The number of allylic oxidation sites excluding steroid dienone is 15. The van der Waals surface area contributed by atoms with E-state index in [1.54, 1.807) is 0 Å².